The lowest BCUT2D eigenvalue weighted by Crippen LogP contribution is -2.06. The molecule has 0 amide bonds. The molecular formula is C14H18O2. The SMILES string of the molecule is C=C(OC)C(=C(C)C)C(O)c1ccccc1. The number of rotatable bonds is 4. The zero-order valence-corrected chi connectivity index (χ0v) is 10.0. The van der Waals surface area contributed by atoms with Gasteiger partial charge in [-0.15, -0.1) is 0 Å². The van der Waals surface area contributed by atoms with E-state index in [0.717, 1.165) is 16.7 Å². The molecule has 16 heavy (non-hydrogen) atoms. The molecule has 0 fully saturated rings. The van der Waals surface area contributed by atoms with Gasteiger partial charge in [-0.05, 0) is 19.4 Å². The van der Waals surface area contributed by atoms with Gasteiger partial charge in [-0.25, -0.2) is 0 Å². The van der Waals surface area contributed by atoms with Crippen molar-refractivity contribution in [3.8, 4) is 0 Å². The van der Waals surface area contributed by atoms with Gasteiger partial charge in [0.15, 0.2) is 0 Å². The largest absolute Gasteiger partial charge is 0.497 e. The lowest BCUT2D eigenvalue weighted by Gasteiger charge is -2.18. The summed E-state index contributed by atoms with van der Waals surface area (Å²) in [5.74, 6) is 0.511. The van der Waals surface area contributed by atoms with Crippen LogP contribution in [-0.2, 0) is 4.74 Å². The Balaban J connectivity index is 3.08. The second-order valence-electron chi connectivity index (χ2n) is 3.85. The monoisotopic (exact) mass is 218 g/mol. The number of aliphatic hydroxyl groups is 1. The van der Waals surface area contributed by atoms with E-state index in [1.54, 1.807) is 7.11 Å². The standard InChI is InChI=1S/C14H18O2/c1-10(2)13(11(3)16-4)14(15)12-8-6-5-7-9-12/h5-9,14-15H,3H2,1-2,4H3. The van der Waals surface area contributed by atoms with Crippen molar-refractivity contribution in [1.29, 1.82) is 0 Å². The first kappa shape index (κ1) is 12.5. The molecule has 0 saturated heterocycles. The molecule has 2 heteroatoms. The molecule has 1 aromatic carbocycles. The molecule has 1 aromatic rings. The van der Waals surface area contributed by atoms with Crippen molar-refractivity contribution in [2.75, 3.05) is 7.11 Å². The number of methoxy groups -OCH3 is 1. The summed E-state index contributed by atoms with van der Waals surface area (Å²) in [5.41, 5.74) is 2.59. The van der Waals surface area contributed by atoms with Crippen LogP contribution in [0.5, 0.6) is 0 Å². The molecule has 0 saturated carbocycles. The van der Waals surface area contributed by atoms with Gasteiger partial charge >= 0.3 is 0 Å². The Bertz CT molecular complexity index is 386. The highest BCUT2D eigenvalue weighted by Crippen LogP contribution is 2.29. The number of hydrogen-bond donors (Lipinski definition) is 1. The van der Waals surface area contributed by atoms with Crippen molar-refractivity contribution in [3.05, 3.63) is 59.4 Å². The summed E-state index contributed by atoms with van der Waals surface area (Å²) in [7, 11) is 1.56. The molecule has 0 aliphatic carbocycles. The van der Waals surface area contributed by atoms with Crippen molar-refractivity contribution in [1.82, 2.24) is 0 Å². The van der Waals surface area contributed by atoms with Gasteiger partial charge in [-0.2, -0.15) is 0 Å². The van der Waals surface area contributed by atoms with Crippen LogP contribution >= 0.6 is 0 Å². The average molecular weight is 218 g/mol. The number of hydrogen-bond acceptors (Lipinski definition) is 2. The van der Waals surface area contributed by atoms with E-state index in [0.29, 0.717) is 5.76 Å². The molecule has 0 bridgehead atoms. The molecule has 0 aromatic heterocycles. The fourth-order valence-corrected chi connectivity index (χ4v) is 1.62. The third kappa shape index (κ3) is 2.74. The van der Waals surface area contributed by atoms with Crippen LogP contribution in [0.2, 0.25) is 0 Å². The maximum absolute atomic E-state index is 10.3. The topological polar surface area (TPSA) is 29.5 Å². The Morgan fingerprint density at radius 3 is 2.25 bits per heavy atom. The lowest BCUT2D eigenvalue weighted by atomic mass is 9.97. The molecule has 0 heterocycles. The van der Waals surface area contributed by atoms with Crippen LogP contribution in [0.25, 0.3) is 0 Å². The molecule has 0 aliphatic heterocycles. The molecule has 1 atom stereocenters. The number of allylic oxidation sites excluding steroid dienone is 1. The van der Waals surface area contributed by atoms with Crippen molar-refractivity contribution < 1.29 is 9.84 Å². The molecule has 0 aliphatic rings. The van der Waals surface area contributed by atoms with Crippen molar-refractivity contribution >= 4 is 0 Å². The zero-order chi connectivity index (χ0) is 12.1. The van der Waals surface area contributed by atoms with E-state index in [1.807, 2.05) is 44.2 Å². The van der Waals surface area contributed by atoms with E-state index >= 15 is 0 Å². The summed E-state index contributed by atoms with van der Waals surface area (Å²) in [6, 6.07) is 9.49. The third-order valence-electron chi connectivity index (χ3n) is 2.47. The van der Waals surface area contributed by atoms with Crippen LogP contribution in [0.1, 0.15) is 25.5 Å². The summed E-state index contributed by atoms with van der Waals surface area (Å²) in [6.45, 7) is 7.67. The number of ether oxygens (including phenoxy) is 1. The summed E-state index contributed by atoms with van der Waals surface area (Å²) in [4.78, 5) is 0. The van der Waals surface area contributed by atoms with Crippen LogP contribution in [0, 0.1) is 0 Å². The molecule has 86 valence electrons. The first-order valence-corrected chi connectivity index (χ1v) is 5.21. The fraction of sp³-hybridized carbons (Fsp3) is 0.286. The van der Waals surface area contributed by atoms with Crippen molar-refractivity contribution in [2.45, 2.75) is 20.0 Å². The molecule has 2 nitrogen and oxygen atoms in total. The van der Waals surface area contributed by atoms with Gasteiger partial charge < -0.3 is 9.84 Å². The molecule has 1 N–H and O–H groups in total. The smallest absolute Gasteiger partial charge is 0.117 e. The number of benzene rings is 1. The van der Waals surface area contributed by atoms with Crippen molar-refractivity contribution in [3.63, 3.8) is 0 Å². The van der Waals surface area contributed by atoms with Gasteiger partial charge in [0.2, 0.25) is 0 Å². The predicted octanol–water partition coefficient (Wildman–Crippen LogP) is 3.22. The molecule has 0 spiro atoms. The van der Waals surface area contributed by atoms with Crippen molar-refractivity contribution in [2.24, 2.45) is 0 Å². The predicted molar refractivity (Wildman–Crippen MR) is 65.9 cm³/mol. The highest BCUT2D eigenvalue weighted by molar-refractivity contribution is 5.37. The highest BCUT2D eigenvalue weighted by Gasteiger charge is 2.17. The Morgan fingerprint density at radius 1 is 1.25 bits per heavy atom. The Hall–Kier alpha value is -1.54. The van der Waals surface area contributed by atoms with E-state index in [-0.39, 0.29) is 0 Å². The highest BCUT2D eigenvalue weighted by atomic mass is 16.5. The van der Waals surface area contributed by atoms with Crippen LogP contribution < -0.4 is 0 Å². The van der Waals surface area contributed by atoms with Gasteiger partial charge in [0, 0.05) is 5.57 Å². The zero-order valence-electron chi connectivity index (χ0n) is 10.0. The maximum atomic E-state index is 10.3. The fourth-order valence-electron chi connectivity index (χ4n) is 1.62. The molecule has 0 radical (unpaired) electrons. The van der Waals surface area contributed by atoms with Crippen LogP contribution in [-0.4, -0.2) is 12.2 Å². The van der Waals surface area contributed by atoms with Gasteiger partial charge in [-0.3, -0.25) is 0 Å². The molecular weight excluding hydrogens is 200 g/mol. The minimum atomic E-state index is -0.682. The van der Waals surface area contributed by atoms with E-state index in [1.165, 1.54) is 0 Å². The number of aliphatic hydroxyl groups excluding tert-OH is 1. The quantitative estimate of drug-likeness (QED) is 0.621. The minimum absolute atomic E-state index is 0.511. The van der Waals surface area contributed by atoms with Crippen LogP contribution in [0.4, 0.5) is 0 Å². The first-order chi connectivity index (χ1) is 7.57. The van der Waals surface area contributed by atoms with Crippen LogP contribution in [0.15, 0.2) is 53.8 Å². The minimum Gasteiger partial charge on any atom is -0.497 e. The van der Waals surface area contributed by atoms with E-state index < -0.39 is 6.10 Å². The Labute approximate surface area is 96.9 Å². The van der Waals surface area contributed by atoms with Gasteiger partial charge in [0.05, 0.1) is 7.11 Å². The van der Waals surface area contributed by atoms with Crippen LogP contribution in [0.3, 0.4) is 0 Å². The average Bonchev–Trinajstić information content (AvgIpc) is 2.29. The Kier molecular flexibility index (Phi) is 4.32. The van der Waals surface area contributed by atoms with E-state index in [9.17, 15) is 5.11 Å². The second-order valence-corrected chi connectivity index (χ2v) is 3.85. The summed E-state index contributed by atoms with van der Waals surface area (Å²) in [5, 5.41) is 10.3. The summed E-state index contributed by atoms with van der Waals surface area (Å²) in [6.07, 6.45) is -0.682. The third-order valence-corrected chi connectivity index (χ3v) is 2.47. The first-order valence-electron chi connectivity index (χ1n) is 5.21. The van der Waals surface area contributed by atoms with Gasteiger partial charge in [-0.1, -0.05) is 42.5 Å². The molecule has 1 unspecified atom stereocenters. The summed E-state index contributed by atoms with van der Waals surface area (Å²) >= 11 is 0. The summed E-state index contributed by atoms with van der Waals surface area (Å²) < 4.78 is 5.10. The van der Waals surface area contributed by atoms with E-state index in [2.05, 4.69) is 6.58 Å². The van der Waals surface area contributed by atoms with Gasteiger partial charge in [0.25, 0.3) is 0 Å². The normalized spacial score (nSPS) is 11.8. The molecule has 1 rings (SSSR count). The lowest BCUT2D eigenvalue weighted by molar-refractivity contribution is 0.196. The van der Waals surface area contributed by atoms with E-state index in [4.69, 9.17) is 4.74 Å². The Morgan fingerprint density at radius 2 is 1.81 bits per heavy atom. The second kappa shape index (κ2) is 5.52. The van der Waals surface area contributed by atoms with Gasteiger partial charge in [0.1, 0.15) is 11.9 Å². The maximum Gasteiger partial charge on any atom is 0.117 e.